The maximum atomic E-state index is 11.8. The Morgan fingerprint density at radius 1 is 0.741 bits per heavy atom. The molecule has 0 N–H and O–H groups in total. The van der Waals surface area contributed by atoms with Gasteiger partial charge in [0.15, 0.2) is 0 Å². The van der Waals surface area contributed by atoms with Crippen LogP contribution in [0.15, 0.2) is 48.5 Å². The second-order valence-corrected chi connectivity index (χ2v) is 6.54. The van der Waals surface area contributed by atoms with E-state index in [0.29, 0.717) is 11.1 Å². The zero-order chi connectivity index (χ0) is 19.8. The fraction of sp³-hybridized carbons (Fsp3) is 0.125. The molecule has 0 aliphatic heterocycles. The normalized spacial score (nSPS) is 10.1. The van der Waals surface area contributed by atoms with Crippen LogP contribution in [-0.2, 0) is 28.7 Å². The number of hydrogen-bond acceptors (Lipinski definition) is 8. The number of carboxylic acid groups (broad SMARTS) is 2. The van der Waals surface area contributed by atoms with Gasteiger partial charge in [0.1, 0.15) is 0 Å². The molecule has 0 unspecified atom stereocenters. The molecule has 2 aromatic carbocycles. The van der Waals surface area contributed by atoms with E-state index in [2.05, 4.69) is 0 Å². The first-order chi connectivity index (χ1) is 12.8. The molecule has 27 heavy (non-hydrogen) atoms. The standard InChI is InChI=1S/2C8H7NO4.Sb/c2*10-8(11)5-6-1-3-7(4-2-6)9(12)13;/h2*1-4H,5H2,(H,10,11);/q;;+2/p-2. The van der Waals surface area contributed by atoms with Gasteiger partial charge in [0, 0.05) is 0 Å². The molecule has 139 valence electrons. The first kappa shape index (κ1) is 20.3. The molecule has 2 rings (SSSR count). The zero-order valence-electron chi connectivity index (χ0n) is 13.6. The molecule has 0 atom stereocenters. The van der Waals surface area contributed by atoms with Crippen LogP contribution in [0.25, 0.3) is 0 Å². The van der Waals surface area contributed by atoms with Crippen LogP contribution in [0, 0.1) is 9.81 Å². The summed E-state index contributed by atoms with van der Waals surface area (Å²) in [6.07, 6.45) is -0.545. The second-order valence-electron chi connectivity index (χ2n) is 5.18. The van der Waals surface area contributed by atoms with Crippen molar-refractivity contribution in [2.24, 2.45) is 0 Å². The fourth-order valence-corrected chi connectivity index (χ4v) is 2.94. The van der Waals surface area contributed by atoms with E-state index < -0.39 is 34.4 Å². The van der Waals surface area contributed by atoms with E-state index >= 15 is 0 Å². The Hall–Kier alpha value is -3.00. The summed E-state index contributed by atoms with van der Waals surface area (Å²) in [7, 11) is 0. The van der Waals surface area contributed by atoms with Crippen LogP contribution in [0.3, 0.4) is 0 Å². The summed E-state index contributed by atoms with van der Waals surface area (Å²) in [5.74, 6) is -2.47. The maximum absolute atomic E-state index is 11.8. The molecule has 0 aromatic heterocycles. The van der Waals surface area contributed by atoms with Gasteiger partial charge in [0.2, 0.25) is 0 Å². The van der Waals surface area contributed by atoms with Gasteiger partial charge in [-0.3, -0.25) is 0 Å². The van der Waals surface area contributed by atoms with E-state index in [1.165, 1.54) is 48.5 Å². The molecular formula is C16H12N2O8Sb. The fourth-order valence-electron chi connectivity index (χ4n) is 1.97. The molecule has 0 aliphatic rings. The van der Waals surface area contributed by atoms with Gasteiger partial charge in [-0.15, -0.1) is 0 Å². The molecule has 0 bridgehead atoms. The summed E-state index contributed by atoms with van der Waals surface area (Å²) in [6, 6.07) is 11.2. The number of benzene rings is 2. The van der Waals surface area contributed by atoms with Crippen molar-refractivity contribution in [3.05, 3.63) is 69.5 Å². The molecule has 1 radical (unpaired) electrons. The summed E-state index contributed by atoms with van der Waals surface area (Å²) in [5, 5.41) is 21.0. The number of carbonyl (C=O) groups is 2. The van der Waals surface area contributed by atoms with Crippen LogP contribution in [0.1, 0.15) is 11.1 Å². The molecule has 0 amide bonds. The Morgan fingerprint density at radius 2 is 1.07 bits per heavy atom. The van der Waals surface area contributed by atoms with Crippen molar-refractivity contribution >= 4 is 45.8 Å². The SMILES string of the molecule is O=C([O-])Cc1ccc([N+](=O)[O][Sb][O][N+](=O)c2ccc(CC(=O)[O-])cc2)cc1. The summed E-state index contributed by atoms with van der Waals surface area (Å²) >= 11 is -2.11. The minimum absolute atomic E-state index is 0.111. The third-order valence-corrected chi connectivity index (χ3v) is 4.43. The molecule has 2 aromatic rings. The molecule has 11 heteroatoms. The molecule has 0 saturated carbocycles. The summed E-state index contributed by atoms with van der Waals surface area (Å²) < 4.78 is 9.73. The average Bonchev–Trinajstić information content (AvgIpc) is 2.61. The third kappa shape index (κ3) is 6.67. The van der Waals surface area contributed by atoms with Gasteiger partial charge in [-0.05, 0) is 0 Å². The second kappa shape index (κ2) is 9.63. The Labute approximate surface area is 164 Å². The molecule has 0 fully saturated rings. The van der Waals surface area contributed by atoms with Crippen molar-refractivity contribution in [3.8, 4) is 0 Å². The van der Waals surface area contributed by atoms with Gasteiger partial charge in [-0.1, -0.05) is 0 Å². The first-order valence-corrected chi connectivity index (χ1v) is 9.50. The van der Waals surface area contributed by atoms with Crippen LogP contribution in [0.2, 0.25) is 0 Å². The van der Waals surface area contributed by atoms with Crippen molar-refractivity contribution in [2.45, 2.75) is 12.8 Å². The Kier molecular flexibility index (Phi) is 7.24. The van der Waals surface area contributed by atoms with E-state index in [4.69, 9.17) is 6.23 Å². The molecule has 0 saturated heterocycles. The number of hydrogen-bond donors (Lipinski definition) is 0. The van der Waals surface area contributed by atoms with Gasteiger partial charge >= 0.3 is 164 Å². The van der Waals surface area contributed by atoms with Gasteiger partial charge in [-0.2, -0.15) is 0 Å². The number of nitrogens with zero attached hydrogens (tertiary/aromatic N) is 2. The predicted octanol–water partition coefficient (Wildman–Crippen LogP) is -0.810. The van der Waals surface area contributed by atoms with Crippen LogP contribution in [-0.4, -0.2) is 44.2 Å². The van der Waals surface area contributed by atoms with Crippen molar-refractivity contribution in [1.29, 1.82) is 0 Å². The van der Waals surface area contributed by atoms with Crippen LogP contribution in [0.4, 0.5) is 11.4 Å². The van der Waals surface area contributed by atoms with Crippen LogP contribution >= 0.6 is 0 Å². The van der Waals surface area contributed by atoms with Crippen LogP contribution < -0.4 is 10.2 Å². The molecule has 0 heterocycles. The third-order valence-electron chi connectivity index (χ3n) is 3.21. The van der Waals surface area contributed by atoms with Gasteiger partial charge in [0.25, 0.3) is 0 Å². The van der Waals surface area contributed by atoms with Gasteiger partial charge in [0.05, 0.1) is 0 Å². The quantitative estimate of drug-likeness (QED) is 0.317. The molecule has 10 nitrogen and oxygen atoms in total. The summed E-state index contributed by atoms with van der Waals surface area (Å²) in [4.78, 5) is 44.9. The van der Waals surface area contributed by atoms with Crippen molar-refractivity contribution in [1.82, 2.24) is 0 Å². The summed E-state index contributed by atoms with van der Waals surface area (Å²) in [5.41, 5.74) is 1.16. The monoisotopic (exact) mass is 481 g/mol. The van der Waals surface area contributed by atoms with Gasteiger partial charge in [-0.25, -0.2) is 0 Å². The van der Waals surface area contributed by atoms with Gasteiger partial charge < -0.3 is 0 Å². The van der Waals surface area contributed by atoms with E-state index in [-0.39, 0.29) is 34.1 Å². The van der Waals surface area contributed by atoms with Crippen molar-refractivity contribution in [3.63, 3.8) is 0 Å². The molecular weight excluding hydrogens is 470 g/mol. The van der Waals surface area contributed by atoms with Crippen LogP contribution in [0.5, 0.6) is 0 Å². The first-order valence-electron chi connectivity index (χ1n) is 7.42. The van der Waals surface area contributed by atoms with Crippen molar-refractivity contribution < 1.29 is 35.9 Å². The predicted molar refractivity (Wildman–Crippen MR) is 84.8 cm³/mol. The topological polar surface area (TPSA) is 139 Å². The Bertz CT molecular complexity index is 780. The Balaban J connectivity index is 1.82. The number of aliphatic carboxylic acids is 2. The van der Waals surface area contributed by atoms with E-state index in [0.717, 1.165) is 0 Å². The summed E-state index contributed by atoms with van der Waals surface area (Å²) in [6.45, 7) is 0. The number of carboxylic acids is 2. The average molecular weight is 482 g/mol. The van der Waals surface area contributed by atoms with E-state index in [1.54, 1.807) is 0 Å². The minimum atomic E-state index is -2.11. The Morgan fingerprint density at radius 3 is 1.37 bits per heavy atom. The molecule has 0 aliphatic carbocycles. The number of carbonyl (C=O) groups excluding carboxylic acids is 2. The van der Waals surface area contributed by atoms with E-state index in [9.17, 15) is 29.6 Å². The number of rotatable bonds is 10. The van der Waals surface area contributed by atoms with Crippen molar-refractivity contribution in [2.75, 3.05) is 0 Å². The zero-order valence-corrected chi connectivity index (χ0v) is 16.2. The molecule has 0 spiro atoms. The van der Waals surface area contributed by atoms with E-state index in [1.807, 2.05) is 0 Å².